The van der Waals surface area contributed by atoms with E-state index < -0.39 is 17.8 Å². The number of rotatable bonds is 2. The number of nitrogens with one attached hydrogen (secondary N) is 1. The standard InChI is InChI=1S/C19H20F3N7OS/c1-10-3-4-13(12(7-10)19(20,21)22)25-18(30)28-5-6-29(11(2)8-28)15-14-16(31-9-24-14)27-17(23)26-15/h3-4,7,9,11H,5-6,8H2,1-2H3,(H,25,30)(H2,23,26,27)/t11-/m0/s1. The van der Waals surface area contributed by atoms with Crippen LogP contribution >= 0.6 is 11.3 Å². The number of carbonyl (C=O) groups excluding carboxylic acids is 1. The summed E-state index contributed by atoms with van der Waals surface area (Å²) in [5, 5.41) is 2.42. The lowest BCUT2D eigenvalue weighted by molar-refractivity contribution is -0.137. The fraction of sp³-hybridized carbons (Fsp3) is 0.368. The topological polar surface area (TPSA) is 100 Å². The number of carbonyl (C=O) groups is 1. The first-order valence-corrected chi connectivity index (χ1v) is 10.4. The van der Waals surface area contributed by atoms with Gasteiger partial charge in [-0.15, -0.1) is 11.3 Å². The van der Waals surface area contributed by atoms with Gasteiger partial charge in [0.2, 0.25) is 5.95 Å². The minimum atomic E-state index is -4.56. The summed E-state index contributed by atoms with van der Waals surface area (Å²) in [4.78, 5) is 29.7. The lowest BCUT2D eigenvalue weighted by Crippen LogP contribution is -2.55. The molecule has 4 rings (SSSR count). The number of hydrogen-bond donors (Lipinski definition) is 2. The molecule has 8 nitrogen and oxygen atoms in total. The highest BCUT2D eigenvalue weighted by Crippen LogP contribution is 2.36. The molecule has 31 heavy (non-hydrogen) atoms. The molecule has 0 aliphatic carbocycles. The van der Waals surface area contributed by atoms with Gasteiger partial charge < -0.3 is 20.9 Å². The van der Waals surface area contributed by atoms with E-state index in [1.807, 2.05) is 11.8 Å². The Balaban J connectivity index is 1.51. The molecule has 2 aromatic heterocycles. The summed E-state index contributed by atoms with van der Waals surface area (Å²) < 4.78 is 40.1. The first kappa shape index (κ1) is 21.1. The largest absolute Gasteiger partial charge is 0.418 e. The van der Waals surface area contributed by atoms with Gasteiger partial charge in [-0.2, -0.15) is 18.2 Å². The van der Waals surface area contributed by atoms with Gasteiger partial charge in [-0.25, -0.2) is 14.8 Å². The Morgan fingerprint density at radius 2 is 2.06 bits per heavy atom. The molecule has 0 saturated carbocycles. The summed E-state index contributed by atoms with van der Waals surface area (Å²) in [6, 6.07) is 3.10. The molecule has 0 radical (unpaired) electrons. The molecule has 1 saturated heterocycles. The molecule has 0 unspecified atom stereocenters. The summed E-state index contributed by atoms with van der Waals surface area (Å²) in [5.74, 6) is 0.729. The summed E-state index contributed by atoms with van der Waals surface area (Å²) >= 11 is 1.36. The van der Waals surface area contributed by atoms with Gasteiger partial charge in [-0.05, 0) is 26.0 Å². The van der Waals surface area contributed by atoms with Crippen LogP contribution in [0.5, 0.6) is 0 Å². The van der Waals surface area contributed by atoms with Crippen LogP contribution in [0.4, 0.5) is 35.4 Å². The van der Waals surface area contributed by atoms with Gasteiger partial charge in [0.1, 0.15) is 5.52 Å². The van der Waals surface area contributed by atoms with Crippen molar-refractivity contribution in [3.8, 4) is 0 Å². The van der Waals surface area contributed by atoms with Crippen LogP contribution in [-0.2, 0) is 6.18 Å². The normalized spacial score (nSPS) is 17.3. The van der Waals surface area contributed by atoms with Gasteiger partial charge in [0, 0.05) is 25.7 Å². The Bertz CT molecular complexity index is 1130. The molecule has 1 aliphatic heterocycles. The maximum Gasteiger partial charge on any atom is 0.418 e. The van der Waals surface area contributed by atoms with Crippen molar-refractivity contribution < 1.29 is 18.0 Å². The molecule has 3 N–H and O–H groups in total. The van der Waals surface area contributed by atoms with Gasteiger partial charge >= 0.3 is 12.2 Å². The number of nitrogens with two attached hydrogens (primary N) is 1. The van der Waals surface area contributed by atoms with E-state index in [1.54, 1.807) is 12.4 Å². The van der Waals surface area contributed by atoms with Crippen molar-refractivity contribution in [2.75, 3.05) is 35.6 Å². The average molecular weight is 451 g/mol. The molecule has 0 bridgehead atoms. The van der Waals surface area contributed by atoms with Crippen molar-refractivity contribution >= 4 is 45.2 Å². The minimum Gasteiger partial charge on any atom is -0.368 e. The Morgan fingerprint density at radius 1 is 1.29 bits per heavy atom. The smallest absolute Gasteiger partial charge is 0.368 e. The van der Waals surface area contributed by atoms with Gasteiger partial charge in [0.15, 0.2) is 10.6 Å². The Kier molecular flexibility index (Phi) is 5.33. The molecule has 0 spiro atoms. The molecule has 1 atom stereocenters. The van der Waals surface area contributed by atoms with E-state index >= 15 is 0 Å². The molecule has 1 aromatic carbocycles. The fourth-order valence-electron chi connectivity index (χ4n) is 3.62. The van der Waals surface area contributed by atoms with E-state index in [1.165, 1.54) is 28.4 Å². The molecule has 1 fully saturated rings. The number of thiazole rings is 1. The van der Waals surface area contributed by atoms with Crippen molar-refractivity contribution in [3.05, 3.63) is 34.8 Å². The highest BCUT2D eigenvalue weighted by molar-refractivity contribution is 7.16. The number of alkyl halides is 3. The summed E-state index contributed by atoms with van der Waals surface area (Å²) in [7, 11) is 0. The molecular weight excluding hydrogens is 431 g/mol. The second-order valence-corrected chi connectivity index (χ2v) is 8.21. The number of aromatic nitrogens is 3. The number of hydrogen-bond acceptors (Lipinski definition) is 7. The predicted molar refractivity (Wildman–Crippen MR) is 113 cm³/mol. The number of benzene rings is 1. The number of urea groups is 1. The lowest BCUT2D eigenvalue weighted by Gasteiger charge is -2.40. The van der Waals surface area contributed by atoms with Crippen LogP contribution in [0.25, 0.3) is 10.3 Å². The number of halogens is 3. The Labute approximate surface area is 179 Å². The maximum atomic E-state index is 13.4. The van der Waals surface area contributed by atoms with Crippen LogP contribution in [0.15, 0.2) is 23.7 Å². The Morgan fingerprint density at radius 3 is 2.77 bits per heavy atom. The van der Waals surface area contributed by atoms with E-state index in [9.17, 15) is 18.0 Å². The third kappa shape index (κ3) is 4.20. The van der Waals surface area contributed by atoms with Gasteiger partial charge in [0.05, 0.1) is 16.8 Å². The van der Waals surface area contributed by atoms with Crippen molar-refractivity contribution in [1.82, 2.24) is 19.9 Å². The van der Waals surface area contributed by atoms with Crippen LogP contribution in [0.2, 0.25) is 0 Å². The second-order valence-electron chi connectivity index (χ2n) is 7.38. The summed E-state index contributed by atoms with van der Waals surface area (Å²) in [6.45, 7) is 4.51. The number of aryl methyl sites for hydroxylation is 1. The number of amides is 2. The predicted octanol–water partition coefficient (Wildman–Crippen LogP) is 3.74. The van der Waals surface area contributed by atoms with Crippen molar-refractivity contribution in [3.63, 3.8) is 0 Å². The SMILES string of the molecule is Cc1ccc(NC(=O)N2CCN(c3nc(N)nc4scnc34)[C@@H](C)C2)c(C(F)(F)F)c1. The zero-order chi connectivity index (χ0) is 22.3. The fourth-order valence-corrected chi connectivity index (χ4v) is 4.28. The van der Waals surface area contributed by atoms with Crippen LogP contribution in [-0.4, -0.2) is 51.6 Å². The maximum absolute atomic E-state index is 13.4. The van der Waals surface area contributed by atoms with Crippen molar-refractivity contribution in [2.45, 2.75) is 26.1 Å². The van der Waals surface area contributed by atoms with Gasteiger partial charge in [0.25, 0.3) is 0 Å². The number of nitrogen functional groups attached to an aromatic ring is 1. The van der Waals surface area contributed by atoms with Crippen LogP contribution in [0.1, 0.15) is 18.1 Å². The highest BCUT2D eigenvalue weighted by atomic mass is 32.1. The van der Waals surface area contributed by atoms with E-state index in [2.05, 4.69) is 20.3 Å². The number of fused-ring (bicyclic) bond motifs is 1. The molecule has 1 aliphatic rings. The molecule has 12 heteroatoms. The van der Waals surface area contributed by atoms with Crippen LogP contribution < -0.4 is 16.0 Å². The number of anilines is 3. The Hall–Kier alpha value is -3.15. The van der Waals surface area contributed by atoms with Gasteiger partial charge in [-0.3, -0.25) is 0 Å². The first-order valence-electron chi connectivity index (χ1n) is 9.50. The van der Waals surface area contributed by atoms with Crippen molar-refractivity contribution in [2.24, 2.45) is 0 Å². The molecule has 3 aromatic rings. The quantitative estimate of drug-likeness (QED) is 0.616. The summed E-state index contributed by atoms with van der Waals surface area (Å²) in [6.07, 6.45) is -4.56. The van der Waals surface area contributed by atoms with Crippen molar-refractivity contribution in [1.29, 1.82) is 0 Å². The first-order chi connectivity index (χ1) is 14.6. The number of piperazine rings is 1. The zero-order valence-electron chi connectivity index (χ0n) is 16.8. The van der Waals surface area contributed by atoms with Gasteiger partial charge in [-0.1, -0.05) is 11.6 Å². The average Bonchev–Trinajstić information content (AvgIpc) is 3.16. The summed E-state index contributed by atoms with van der Waals surface area (Å²) in [5.41, 5.74) is 7.46. The molecular formula is C19H20F3N7OS. The molecule has 164 valence electrons. The molecule has 3 heterocycles. The third-order valence-electron chi connectivity index (χ3n) is 5.11. The second kappa shape index (κ2) is 7.84. The van der Waals surface area contributed by atoms with E-state index in [0.29, 0.717) is 41.4 Å². The van der Waals surface area contributed by atoms with Crippen LogP contribution in [0.3, 0.4) is 0 Å². The zero-order valence-corrected chi connectivity index (χ0v) is 17.6. The van der Waals surface area contributed by atoms with E-state index in [-0.39, 0.29) is 17.7 Å². The van der Waals surface area contributed by atoms with E-state index in [0.717, 1.165) is 6.07 Å². The number of nitrogens with zero attached hydrogens (tertiary/aromatic N) is 5. The third-order valence-corrected chi connectivity index (χ3v) is 5.82. The lowest BCUT2D eigenvalue weighted by atomic mass is 10.1. The van der Waals surface area contributed by atoms with E-state index in [4.69, 9.17) is 5.73 Å². The van der Waals surface area contributed by atoms with Crippen LogP contribution in [0, 0.1) is 6.92 Å². The monoisotopic (exact) mass is 451 g/mol. The molecule has 2 amide bonds. The highest BCUT2D eigenvalue weighted by Gasteiger charge is 2.35. The minimum absolute atomic E-state index is 0.137.